The first-order valence-corrected chi connectivity index (χ1v) is 7.62. The summed E-state index contributed by atoms with van der Waals surface area (Å²) in [6, 6.07) is 5.44. The molecule has 0 heterocycles. The van der Waals surface area contributed by atoms with Crippen LogP contribution in [-0.2, 0) is 0 Å². The third-order valence-electron chi connectivity index (χ3n) is 3.23. The minimum atomic E-state index is -0.283. The highest BCUT2D eigenvalue weighted by Crippen LogP contribution is 2.26. The van der Waals surface area contributed by atoms with E-state index in [1.807, 2.05) is 6.07 Å². The molecule has 0 fully saturated rings. The van der Waals surface area contributed by atoms with E-state index in [2.05, 4.69) is 31.4 Å². The largest absolute Gasteiger partial charge is 0.496 e. The van der Waals surface area contributed by atoms with E-state index in [1.165, 1.54) is 19.2 Å². The number of nitriles is 1. The van der Waals surface area contributed by atoms with E-state index >= 15 is 0 Å². The number of ether oxygens (including phenoxy) is 1. The highest BCUT2D eigenvalue weighted by Gasteiger charge is 2.17. The molecule has 0 bridgehead atoms. The number of hydrogen-bond donors (Lipinski definition) is 2. The number of nitrogens with one attached hydrogen (secondary N) is 2. The Kier molecular flexibility index (Phi) is 7.16. The van der Waals surface area contributed by atoms with Gasteiger partial charge in [0, 0.05) is 24.7 Å². The lowest BCUT2D eigenvalue weighted by Gasteiger charge is -2.20. The molecule has 1 amide bonds. The molecule has 2 N–H and O–H groups in total. The third-order valence-corrected chi connectivity index (χ3v) is 3.54. The predicted molar refractivity (Wildman–Crippen MR) is 87.4 cm³/mol. The minimum absolute atomic E-state index is 0.192. The van der Waals surface area contributed by atoms with Crippen molar-refractivity contribution in [3.8, 4) is 11.8 Å². The van der Waals surface area contributed by atoms with Gasteiger partial charge >= 0.3 is 0 Å². The Morgan fingerprint density at radius 2 is 2.14 bits per heavy atom. The second kappa shape index (κ2) is 8.62. The fourth-order valence-electron chi connectivity index (χ4n) is 2.09. The summed E-state index contributed by atoms with van der Waals surface area (Å²) in [6.07, 6.45) is 0.902. The van der Waals surface area contributed by atoms with Gasteiger partial charge in [0.15, 0.2) is 0 Å². The summed E-state index contributed by atoms with van der Waals surface area (Å²) < 4.78 is 5.17. The number of carbonyl (C=O) groups excluding carboxylic acids is 1. The standard InChI is InChI=1S/C16H22ClN3O2/c1-5-12(20-10(2)3)9-19-16(21)13-6-11(8-18)14(17)7-15(13)22-4/h6-7,10,12,20H,5,9H2,1-4H3,(H,19,21). The van der Waals surface area contributed by atoms with E-state index in [4.69, 9.17) is 21.6 Å². The number of methoxy groups -OCH3 is 1. The summed E-state index contributed by atoms with van der Waals surface area (Å²) in [5.74, 6) is 0.0698. The molecular weight excluding hydrogens is 302 g/mol. The van der Waals surface area contributed by atoms with Crippen molar-refractivity contribution in [2.75, 3.05) is 13.7 Å². The molecule has 0 saturated heterocycles. The summed E-state index contributed by atoms with van der Waals surface area (Å²) in [5, 5.41) is 15.5. The monoisotopic (exact) mass is 323 g/mol. The van der Waals surface area contributed by atoms with Gasteiger partial charge in [-0.3, -0.25) is 4.79 Å². The maximum Gasteiger partial charge on any atom is 0.255 e. The topological polar surface area (TPSA) is 74.2 Å². The van der Waals surface area contributed by atoms with Gasteiger partial charge in [-0.15, -0.1) is 0 Å². The lowest BCUT2D eigenvalue weighted by Crippen LogP contribution is -2.43. The molecule has 6 heteroatoms. The molecule has 0 aliphatic rings. The summed E-state index contributed by atoms with van der Waals surface area (Å²) in [4.78, 5) is 12.3. The van der Waals surface area contributed by atoms with Gasteiger partial charge < -0.3 is 15.4 Å². The molecule has 0 saturated carbocycles. The molecule has 22 heavy (non-hydrogen) atoms. The predicted octanol–water partition coefficient (Wildman–Crippen LogP) is 2.73. The van der Waals surface area contributed by atoms with Crippen molar-refractivity contribution in [2.45, 2.75) is 39.3 Å². The van der Waals surface area contributed by atoms with Crippen LogP contribution in [0.25, 0.3) is 0 Å². The van der Waals surface area contributed by atoms with Crippen LogP contribution >= 0.6 is 11.6 Å². The highest BCUT2D eigenvalue weighted by atomic mass is 35.5. The zero-order valence-electron chi connectivity index (χ0n) is 13.4. The Bertz CT molecular complexity index is 567. The fourth-order valence-corrected chi connectivity index (χ4v) is 2.29. The number of nitrogens with zero attached hydrogens (tertiary/aromatic N) is 1. The maximum atomic E-state index is 12.3. The average molecular weight is 324 g/mol. The summed E-state index contributed by atoms with van der Waals surface area (Å²) in [6.45, 7) is 6.68. The van der Waals surface area contributed by atoms with E-state index < -0.39 is 0 Å². The van der Waals surface area contributed by atoms with E-state index in [9.17, 15) is 4.79 Å². The quantitative estimate of drug-likeness (QED) is 0.809. The summed E-state index contributed by atoms with van der Waals surface area (Å²) in [7, 11) is 1.46. The molecular formula is C16H22ClN3O2. The first-order valence-electron chi connectivity index (χ1n) is 7.24. The van der Waals surface area contributed by atoms with Crippen molar-refractivity contribution in [3.63, 3.8) is 0 Å². The molecule has 1 rings (SSSR count). The maximum absolute atomic E-state index is 12.3. The Hall–Kier alpha value is -1.77. The lowest BCUT2D eigenvalue weighted by molar-refractivity contribution is 0.0945. The van der Waals surface area contributed by atoms with Gasteiger partial charge in [0.05, 0.1) is 23.3 Å². The van der Waals surface area contributed by atoms with Crippen molar-refractivity contribution < 1.29 is 9.53 Å². The molecule has 120 valence electrons. The second-order valence-corrected chi connectivity index (χ2v) is 5.69. The molecule has 0 spiro atoms. The Morgan fingerprint density at radius 3 is 2.64 bits per heavy atom. The number of amides is 1. The summed E-state index contributed by atoms with van der Waals surface area (Å²) >= 11 is 5.95. The van der Waals surface area contributed by atoms with Gasteiger partial charge in [-0.2, -0.15) is 5.26 Å². The van der Waals surface area contributed by atoms with Crippen LogP contribution in [0, 0.1) is 11.3 Å². The molecule has 1 aromatic rings. The van der Waals surface area contributed by atoms with Crippen LogP contribution in [-0.4, -0.2) is 31.6 Å². The van der Waals surface area contributed by atoms with Crippen molar-refractivity contribution in [3.05, 3.63) is 28.3 Å². The van der Waals surface area contributed by atoms with Gasteiger partial charge in [-0.05, 0) is 12.5 Å². The summed E-state index contributed by atoms with van der Waals surface area (Å²) in [5.41, 5.74) is 0.558. The van der Waals surface area contributed by atoms with E-state index in [0.29, 0.717) is 23.9 Å². The molecule has 1 aromatic carbocycles. The normalized spacial score (nSPS) is 11.9. The van der Waals surface area contributed by atoms with Crippen molar-refractivity contribution >= 4 is 17.5 Å². The Morgan fingerprint density at radius 1 is 1.45 bits per heavy atom. The van der Waals surface area contributed by atoms with Crippen molar-refractivity contribution in [1.82, 2.24) is 10.6 Å². The van der Waals surface area contributed by atoms with Gasteiger partial charge in [0.1, 0.15) is 11.8 Å². The molecule has 5 nitrogen and oxygen atoms in total. The van der Waals surface area contributed by atoms with Crippen LogP contribution in [0.4, 0.5) is 0 Å². The zero-order chi connectivity index (χ0) is 16.7. The van der Waals surface area contributed by atoms with Crippen molar-refractivity contribution in [1.29, 1.82) is 5.26 Å². The van der Waals surface area contributed by atoms with Gasteiger partial charge in [0.25, 0.3) is 5.91 Å². The first kappa shape index (κ1) is 18.3. The number of hydrogen-bond acceptors (Lipinski definition) is 4. The van der Waals surface area contributed by atoms with Crippen LogP contribution in [0.15, 0.2) is 12.1 Å². The van der Waals surface area contributed by atoms with E-state index in [1.54, 1.807) is 0 Å². The number of benzene rings is 1. The average Bonchev–Trinajstić information content (AvgIpc) is 2.50. The number of carbonyl (C=O) groups is 1. The zero-order valence-corrected chi connectivity index (χ0v) is 14.1. The first-order chi connectivity index (χ1) is 10.4. The van der Waals surface area contributed by atoms with Crippen molar-refractivity contribution in [2.24, 2.45) is 0 Å². The molecule has 0 aliphatic carbocycles. The smallest absolute Gasteiger partial charge is 0.255 e. The molecule has 0 aliphatic heterocycles. The van der Waals surface area contributed by atoms with E-state index in [-0.39, 0.29) is 22.5 Å². The Balaban J connectivity index is 2.87. The van der Waals surface area contributed by atoms with Gasteiger partial charge in [-0.1, -0.05) is 32.4 Å². The molecule has 1 atom stereocenters. The molecule has 1 unspecified atom stereocenters. The van der Waals surface area contributed by atoms with Crippen LogP contribution in [0.5, 0.6) is 5.75 Å². The van der Waals surface area contributed by atoms with E-state index in [0.717, 1.165) is 6.42 Å². The van der Waals surface area contributed by atoms with Crippen LogP contribution in [0.2, 0.25) is 5.02 Å². The van der Waals surface area contributed by atoms with Crippen LogP contribution in [0.3, 0.4) is 0 Å². The van der Waals surface area contributed by atoms with Gasteiger partial charge in [0.2, 0.25) is 0 Å². The number of halogens is 1. The van der Waals surface area contributed by atoms with Crippen LogP contribution in [0.1, 0.15) is 43.1 Å². The van der Waals surface area contributed by atoms with Gasteiger partial charge in [-0.25, -0.2) is 0 Å². The minimum Gasteiger partial charge on any atom is -0.496 e. The molecule has 0 aromatic heterocycles. The fraction of sp³-hybridized carbons (Fsp3) is 0.500. The van der Waals surface area contributed by atoms with Crippen LogP contribution < -0.4 is 15.4 Å². The highest BCUT2D eigenvalue weighted by molar-refractivity contribution is 6.32. The SMILES string of the molecule is CCC(CNC(=O)c1cc(C#N)c(Cl)cc1OC)NC(C)C. The second-order valence-electron chi connectivity index (χ2n) is 5.28. The third kappa shape index (κ3) is 4.90. The Labute approximate surface area is 136 Å². The number of rotatable bonds is 7. The molecule has 0 radical (unpaired) electrons. The lowest BCUT2D eigenvalue weighted by atomic mass is 10.1.